The molecule has 2 heteroatoms. The van der Waals surface area contributed by atoms with Crippen molar-refractivity contribution in [2.24, 2.45) is 11.7 Å². The van der Waals surface area contributed by atoms with Gasteiger partial charge in [0.1, 0.15) is 0 Å². The van der Waals surface area contributed by atoms with Crippen LogP contribution < -0.4 is 5.73 Å². The molecule has 1 fully saturated rings. The van der Waals surface area contributed by atoms with E-state index in [2.05, 4.69) is 18.4 Å². The van der Waals surface area contributed by atoms with E-state index in [1.54, 1.807) is 0 Å². The Kier molecular flexibility index (Phi) is 4.46. The van der Waals surface area contributed by atoms with Crippen LogP contribution in [0.5, 0.6) is 0 Å². The number of likely N-dealkylation sites (tertiary alicyclic amines) is 1. The molecule has 1 aliphatic heterocycles. The summed E-state index contributed by atoms with van der Waals surface area (Å²) < 4.78 is 0. The SMILES string of the molecule is C=CCCN1CCC(C)CC1CN. The van der Waals surface area contributed by atoms with Crippen molar-refractivity contribution in [2.45, 2.75) is 32.2 Å². The van der Waals surface area contributed by atoms with Crippen molar-refractivity contribution in [1.29, 1.82) is 0 Å². The molecule has 2 atom stereocenters. The van der Waals surface area contributed by atoms with E-state index in [0.717, 1.165) is 25.4 Å². The highest BCUT2D eigenvalue weighted by atomic mass is 15.2. The number of nitrogens with zero attached hydrogens (tertiary/aromatic N) is 1. The van der Waals surface area contributed by atoms with E-state index in [4.69, 9.17) is 5.73 Å². The first-order chi connectivity index (χ1) is 6.27. The molecule has 2 nitrogen and oxygen atoms in total. The summed E-state index contributed by atoms with van der Waals surface area (Å²) in [6, 6.07) is 0.615. The number of piperidine rings is 1. The van der Waals surface area contributed by atoms with Crippen molar-refractivity contribution in [3.05, 3.63) is 12.7 Å². The summed E-state index contributed by atoms with van der Waals surface area (Å²) in [5.74, 6) is 0.855. The zero-order chi connectivity index (χ0) is 9.68. The van der Waals surface area contributed by atoms with Gasteiger partial charge in [0.2, 0.25) is 0 Å². The molecule has 0 aliphatic carbocycles. The molecule has 76 valence electrons. The van der Waals surface area contributed by atoms with Crippen LogP contribution in [0.4, 0.5) is 0 Å². The van der Waals surface area contributed by atoms with Gasteiger partial charge in [0.25, 0.3) is 0 Å². The molecule has 1 heterocycles. The molecule has 0 bridgehead atoms. The van der Waals surface area contributed by atoms with Crippen molar-refractivity contribution >= 4 is 0 Å². The first-order valence-corrected chi connectivity index (χ1v) is 5.33. The maximum Gasteiger partial charge on any atom is 0.0221 e. The van der Waals surface area contributed by atoms with Gasteiger partial charge in [0.15, 0.2) is 0 Å². The van der Waals surface area contributed by atoms with E-state index < -0.39 is 0 Å². The maximum atomic E-state index is 5.76. The monoisotopic (exact) mass is 182 g/mol. The minimum atomic E-state index is 0.615. The minimum Gasteiger partial charge on any atom is -0.329 e. The molecule has 2 unspecified atom stereocenters. The Morgan fingerprint density at radius 1 is 1.62 bits per heavy atom. The lowest BCUT2D eigenvalue weighted by Gasteiger charge is -2.37. The van der Waals surface area contributed by atoms with E-state index >= 15 is 0 Å². The van der Waals surface area contributed by atoms with Gasteiger partial charge in [-0.05, 0) is 31.7 Å². The summed E-state index contributed by atoms with van der Waals surface area (Å²) >= 11 is 0. The van der Waals surface area contributed by atoms with Gasteiger partial charge in [-0.15, -0.1) is 6.58 Å². The van der Waals surface area contributed by atoms with E-state index in [0.29, 0.717) is 6.04 Å². The molecule has 0 aromatic carbocycles. The van der Waals surface area contributed by atoms with Crippen LogP contribution in [0.3, 0.4) is 0 Å². The smallest absolute Gasteiger partial charge is 0.0221 e. The lowest BCUT2D eigenvalue weighted by molar-refractivity contribution is 0.125. The van der Waals surface area contributed by atoms with Crippen LogP contribution >= 0.6 is 0 Å². The third-order valence-electron chi connectivity index (χ3n) is 2.99. The van der Waals surface area contributed by atoms with Gasteiger partial charge in [-0.2, -0.15) is 0 Å². The molecular formula is C11H22N2. The van der Waals surface area contributed by atoms with Gasteiger partial charge >= 0.3 is 0 Å². The van der Waals surface area contributed by atoms with Gasteiger partial charge < -0.3 is 5.73 Å². The number of hydrogen-bond acceptors (Lipinski definition) is 2. The van der Waals surface area contributed by atoms with E-state index in [1.165, 1.54) is 19.4 Å². The number of hydrogen-bond donors (Lipinski definition) is 1. The quantitative estimate of drug-likeness (QED) is 0.669. The van der Waals surface area contributed by atoms with Gasteiger partial charge in [0.05, 0.1) is 0 Å². The van der Waals surface area contributed by atoms with Crippen molar-refractivity contribution in [1.82, 2.24) is 4.90 Å². The van der Waals surface area contributed by atoms with E-state index in [1.807, 2.05) is 6.08 Å². The Morgan fingerprint density at radius 3 is 3.00 bits per heavy atom. The van der Waals surface area contributed by atoms with Crippen molar-refractivity contribution in [3.63, 3.8) is 0 Å². The molecule has 0 spiro atoms. The second-order valence-corrected chi connectivity index (χ2v) is 4.13. The summed E-state index contributed by atoms with van der Waals surface area (Å²) in [6.07, 6.45) is 5.68. The predicted molar refractivity (Wildman–Crippen MR) is 57.6 cm³/mol. The van der Waals surface area contributed by atoms with Crippen LogP contribution in [0.25, 0.3) is 0 Å². The molecule has 1 aliphatic rings. The second-order valence-electron chi connectivity index (χ2n) is 4.13. The lowest BCUT2D eigenvalue weighted by atomic mass is 9.92. The molecule has 1 saturated heterocycles. The Hall–Kier alpha value is -0.340. The zero-order valence-electron chi connectivity index (χ0n) is 8.71. The van der Waals surface area contributed by atoms with Gasteiger partial charge in [0, 0.05) is 19.1 Å². The van der Waals surface area contributed by atoms with Gasteiger partial charge in [-0.1, -0.05) is 13.0 Å². The average molecular weight is 182 g/mol. The molecule has 2 N–H and O–H groups in total. The highest BCUT2D eigenvalue weighted by molar-refractivity contribution is 4.82. The summed E-state index contributed by atoms with van der Waals surface area (Å²) in [4.78, 5) is 2.52. The first-order valence-electron chi connectivity index (χ1n) is 5.33. The standard InChI is InChI=1S/C11H22N2/c1-3-4-6-13-7-5-10(2)8-11(13)9-12/h3,10-11H,1,4-9,12H2,2H3. The summed E-state index contributed by atoms with van der Waals surface area (Å²) in [5.41, 5.74) is 5.76. The highest BCUT2D eigenvalue weighted by Gasteiger charge is 2.24. The third kappa shape index (κ3) is 3.12. The number of nitrogens with two attached hydrogens (primary N) is 1. The van der Waals surface area contributed by atoms with Crippen LogP contribution in [-0.2, 0) is 0 Å². The lowest BCUT2D eigenvalue weighted by Crippen LogP contribution is -2.46. The number of rotatable bonds is 4. The van der Waals surface area contributed by atoms with Crippen LogP contribution in [0.15, 0.2) is 12.7 Å². The second kappa shape index (κ2) is 5.40. The van der Waals surface area contributed by atoms with Crippen molar-refractivity contribution < 1.29 is 0 Å². The third-order valence-corrected chi connectivity index (χ3v) is 2.99. The van der Waals surface area contributed by atoms with Crippen LogP contribution in [-0.4, -0.2) is 30.6 Å². The Morgan fingerprint density at radius 2 is 2.38 bits per heavy atom. The molecule has 0 radical (unpaired) electrons. The van der Waals surface area contributed by atoms with Crippen molar-refractivity contribution in [2.75, 3.05) is 19.6 Å². The zero-order valence-corrected chi connectivity index (χ0v) is 8.71. The molecular weight excluding hydrogens is 160 g/mol. The average Bonchev–Trinajstić information content (AvgIpc) is 2.16. The van der Waals surface area contributed by atoms with Crippen LogP contribution in [0.2, 0.25) is 0 Å². The molecule has 0 aromatic heterocycles. The summed E-state index contributed by atoms with van der Waals surface area (Å²) in [7, 11) is 0. The van der Waals surface area contributed by atoms with Crippen LogP contribution in [0.1, 0.15) is 26.2 Å². The summed E-state index contributed by atoms with van der Waals surface area (Å²) in [5, 5.41) is 0. The minimum absolute atomic E-state index is 0.615. The molecule has 0 aromatic rings. The van der Waals surface area contributed by atoms with Gasteiger partial charge in [-0.3, -0.25) is 4.90 Å². The van der Waals surface area contributed by atoms with E-state index in [-0.39, 0.29) is 0 Å². The van der Waals surface area contributed by atoms with Gasteiger partial charge in [-0.25, -0.2) is 0 Å². The first kappa shape index (κ1) is 10.7. The normalized spacial score (nSPS) is 30.3. The predicted octanol–water partition coefficient (Wildman–Crippen LogP) is 1.62. The summed E-state index contributed by atoms with van der Waals surface area (Å²) in [6.45, 7) is 9.24. The highest BCUT2D eigenvalue weighted by Crippen LogP contribution is 2.21. The molecule has 1 rings (SSSR count). The fraction of sp³-hybridized carbons (Fsp3) is 0.818. The molecule has 0 saturated carbocycles. The van der Waals surface area contributed by atoms with Crippen molar-refractivity contribution in [3.8, 4) is 0 Å². The maximum absolute atomic E-state index is 5.76. The fourth-order valence-corrected chi connectivity index (χ4v) is 2.10. The topological polar surface area (TPSA) is 29.3 Å². The van der Waals surface area contributed by atoms with Crippen LogP contribution in [0, 0.1) is 5.92 Å². The Balaban J connectivity index is 2.37. The van der Waals surface area contributed by atoms with E-state index in [9.17, 15) is 0 Å². The largest absolute Gasteiger partial charge is 0.329 e. The fourth-order valence-electron chi connectivity index (χ4n) is 2.10. The molecule has 13 heavy (non-hydrogen) atoms. The molecule has 0 amide bonds. The Bertz CT molecular complexity index is 156. The Labute approximate surface area is 81.8 Å².